The molecule has 0 spiro atoms. The highest BCUT2D eigenvalue weighted by atomic mass is 32.2. The van der Waals surface area contributed by atoms with Gasteiger partial charge < -0.3 is 20.3 Å². The Bertz CT molecular complexity index is 1450. The van der Waals surface area contributed by atoms with E-state index < -0.39 is 15.4 Å². The molecule has 2 fully saturated rings. The molecule has 0 aromatic carbocycles. The summed E-state index contributed by atoms with van der Waals surface area (Å²) >= 11 is 0. The fourth-order valence-electron chi connectivity index (χ4n) is 5.40. The minimum Gasteiger partial charge on any atom is -0.444 e. The number of pyridine rings is 2. The average molecular weight is 542 g/mol. The van der Waals surface area contributed by atoms with Gasteiger partial charge >= 0.3 is 6.09 Å². The number of H-pyrrole nitrogens is 1. The lowest BCUT2D eigenvalue weighted by Gasteiger charge is -2.48. The Labute approximate surface area is 222 Å². The first-order valence-electron chi connectivity index (χ1n) is 12.9. The molecule has 38 heavy (non-hydrogen) atoms. The Morgan fingerprint density at radius 3 is 2.45 bits per heavy atom. The van der Waals surface area contributed by atoms with Crippen LogP contribution in [0.5, 0.6) is 0 Å². The van der Waals surface area contributed by atoms with Crippen LogP contribution in [0.1, 0.15) is 58.6 Å². The topological polar surface area (TPSA) is 142 Å². The Kier molecular flexibility index (Phi) is 6.70. The van der Waals surface area contributed by atoms with Crippen LogP contribution in [0.2, 0.25) is 0 Å². The summed E-state index contributed by atoms with van der Waals surface area (Å²) in [6, 6.07) is 5.44. The number of nitrogens with zero attached hydrogens (tertiary/aromatic N) is 4. The Hall–Kier alpha value is -3.41. The zero-order valence-electron chi connectivity index (χ0n) is 22.4. The number of aromatic nitrogens is 4. The molecule has 3 aromatic rings. The molecule has 1 unspecified atom stereocenters. The molecule has 3 N–H and O–H groups in total. The molecular formula is C26H35N7O4S. The lowest BCUT2D eigenvalue weighted by Crippen LogP contribution is -2.58. The number of hydrogen-bond acceptors (Lipinski definition) is 9. The predicted octanol–water partition coefficient (Wildman–Crippen LogP) is 4.54. The summed E-state index contributed by atoms with van der Waals surface area (Å²) < 4.78 is 30.2. The van der Waals surface area contributed by atoms with Gasteiger partial charge in [0.05, 0.1) is 10.4 Å². The lowest BCUT2D eigenvalue weighted by atomic mass is 9.82. The van der Waals surface area contributed by atoms with Gasteiger partial charge in [0.1, 0.15) is 17.2 Å². The average Bonchev–Trinajstić information content (AvgIpc) is 3.20. The van der Waals surface area contributed by atoms with Gasteiger partial charge in [-0.05, 0) is 65.9 Å². The molecule has 0 aliphatic carbocycles. The third kappa shape index (κ3) is 5.69. The van der Waals surface area contributed by atoms with E-state index in [-0.39, 0.29) is 29.1 Å². The Morgan fingerprint density at radius 1 is 1.13 bits per heavy atom. The first kappa shape index (κ1) is 26.2. The van der Waals surface area contributed by atoms with E-state index in [0.29, 0.717) is 28.4 Å². The maximum absolute atomic E-state index is 13.0. The highest BCUT2D eigenvalue weighted by Gasteiger charge is 2.42. The quantitative estimate of drug-likeness (QED) is 0.424. The van der Waals surface area contributed by atoms with Gasteiger partial charge in [0.15, 0.2) is 15.7 Å². The Balaban J connectivity index is 1.46. The first-order valence-corrected chi connectivity index (χ1v) is 14.8. The zero-order chi connectivity index (χ0) is 27.2. The second kappa shape index (κ2) is 9.72. The van der Waals surface area contributed by atoms with Crippen LogP contribution < -0.4 is 10.6 Å². The standard InChI is InChI=1S/C26H35N7O4S/c1-15-9-23(32-31-15)29-22-13-21-20(12-19(14-27-21)38(5,35)36)24(30-22)28-16-10-17-7-6-8-18(11-16)33(17)25(34)37-26(2,3)4/h9,12-14,16-18H,6-8,10-11H2,1-5H3,(H3,28,29,30,31,32)/t16?,17-,18+. The summed E-state index contributed by atoms with van der Waals surface area (Å²) in [6.07, 6.45) is 6.68. The van der Waals surface area contributed by atoms with Gasteiger partial charge in [0.25, 0.3) is 0 Å². The first-order chi connectivity index (χ1) is 17.9. The van der Waals surface area contributed by atoms with E-state index in [1.54, 1.807) is 12.1 Å². The number of carbonyl (C=O) groups is 1. The van der Waals surface area contributed by atoms with Crippen molar-refractivity contribution in [2.24, 2.45) is 0 Å². The number of aromatic amines is 1. The predicted molar refractivity (Wildman–Crippen MR) is 145 cm³/mol. The van der Waals surface area contributed by atoms with Crippen molar-refractivity contribution in [3.63, 3.8) is 0 Å². The number of sulfone groups is 1. The molecule has 12 heteroatoms. The number of rotatable bonds is 5. The summed E-state index contributed by atoms with van der Waals surface area (Å²) in [5.41, 5.74) is 0.968. The van der Waals surface area contributed by atoms with Crippen LogP contribution in [0.4, 0.5) is 22.2 Å². The van der Waals surface area contributed by atoms with Crippen molar-refractivity contribution < 1.29 is 17.9 Å². The van der Waals surface area contributed by atoms with Crippen molar-refractivity contribution in [2.45, 2.75) is 88.4 Å². The number of hydrogen-bond donors (Lipinski definition) is 3. The largest absolute Gasteiger partial charge is 0.444 e. The molecule has 2 aliphatic rings. The van der Waals surface area contributed by atoms with Crippen molar-refractivity contribution in [1.29, 1.82) is 0 Å². The Morgan fingerprint density at radius 2 is 1.84 bits per heavy atom. The van der Waals surface area contributed by atoms with E-state index in [4.69, 9.17) is 9.72 Å². The minimum absolute atomic E-state index is 0.0458. The van der Waals surface area contributed by atoms with Gasteiger partial charge in [-0.1, -0.05) is 0 Å². The molecular weight excluding hydrogens is 506 g/mol. The van der Waals surface area contributed by atoms with Crippen LogP contribution in [-0.2, 0) is 14.6 Å². The number of amides is 1. The van der Waals surface area contributed by atoms with Crippen LogP contribution in [0.15, 0.2) is 29.3 Å². The SMILES string of the molecule is Cc1cc(Nc2cc3ncc(S(C)(=O)=O)cc3c(NC3C[C@H]4CCC[C@@H](C3)N4C(=O)OC(C)(C)C)n2)n[nH]1. The maximum Gasteiger partial charge on any atom is 0.410 e. The van der Waals surface area contributed by atoms with Gasteiger partial charge in [0.2, 0.25) is 0 Å². The summed E-state index contributed by atoms with van der Waals surface area (Å²) in [5.74, 6) is 1.70. The number of piperidine rings is 2. The van der Waals surface area contributed by atoms with E-state index in [2.05, 4.69) is 25.8 Å². The van der Waals surface area contributed by atoms with Crippen molar-refractivity contribution in [3.05, 3.63) is 30.1 Å². The van der Waals surface area contributed by atoms with E-state index in [9.17, 15) is 13.2 Å². The summed E-state index contributed by atoms with van der Waals surface area (Å²) in [6.45, 7) is 7.56. The number of anilines is 3. The lowest BCUT2D eigenvalue weighted by molar-refractivity contribution is -0.0199. The van der Waals surface area contributed by atoms with Crippen LogP contribution >= 0.6 is 0 Å². The molecule has 2 bridgehead atoms. The molecule has 0 saturated carbocycles. The number of carbonyl (C=O) groups excluding carboxylic acids is 1. The second-order valence-electron chi connectivity index (χ2n) is 11.4. The highest BCUT2D eigenvalue weighted by Crippen LogP contribution is 2.37. The third-order valence-corrected chi connectivity index (χ3v) is 8.04. The molecule has 1 amide bonds. The molecule has 5 rings (SSSR count). The van der Waals surface area contributed by atoms with Gasteiger partial charge in [-0.2, -0.15) is 5.10 Å². The fraction of sp³-hybridized carbons (Fsp3) is 0.538. The number of aryl methyl sites for hydroxylation is 1. The van der Waals surface area contributed by atoms with Gasteiger partial charge in [0, 0.05) is 53.8 Å². The van der Waals surface area contributed by atoms with Crippen LogP contribution in [-0.4, -0.2) is 69.6 Å². The fourth-order valence-corrected chi connectivity index (χ4v) is 5.97. The van der Waals surface area contributed by atoms with Gasteiger partial charge in [-0.3, -0.25) is 10.1 Å². The van der Waals surface area contributed by atoms with Gasteiger partial charge in [-0.15, -0.1) is 0 Å². The van der Waals surface area contributed by atoms with Crippen molar-refractivity contribution >= 4 is 44.3 Å². The van der Waals surface area contributed by atoms with Crippen molar-refractivity contribution in [1.82, 2.24) is 25.1 Å². The molecule has 0 radical (unpaired) electrons. The summed E-state index contributed by atoms with van der Waals surface area (Å²) in [7, 11) is -3.45. The van der Waals surface area contributed by atoms with E-state index >= 15 is 0 Å². The monoisotopic (exact) mass is 541 g/mol. The molecule has 204 valence electrons. The molecule has 2 saturated heterocycles. The zero-order valence-corrected chi connectivity index (χ0v) is 23.2. The van der Waals surface area contributed by atoms with Crippen molar-refractivity contribution in [2.75, 3.05) is 16.9 Å². The highest BCUT2D eigenvalue weighted by molar-refractivity contribution is 7.90. The van der Waals surface area contributed by atoms with E-state index in [1.165, 1.54) is 12.5 Å². The van der Waals surface area contributed by atoms with Crippen LogP contribution in [0, 0.1) is 6.92 Å². The molecule has 5 heterocycles. The maximum atomic E-state index is 13.0. The molecule has 2 aliphatic heterocycles. The summed E-state index contributed by atoms with van der Waals surface area (Å²) in [4.78, 5) is 24.3. The molecule has 3 atom stereocenters. The number of ether oxygens (including phenoxy) is 1. The third-order valence-electron chi connectivity index (χ3n) is 6.96. The molecule has 3 aromatic heterocycles. The second-order valence-corrected chi connectivity index (χ2v) is 13.4. The number of fused-ring (bicyclic) bond motifs is 3. The van der Waals surface area contributed by atoms with E-state index in [0.717, 1.165) is 37.8 Å². The smallest absolute Gasteiger partial charge is 0.410 e. The van der Waals surface area contributed by atoms with Crippen LogP contribution in [0.3, 0.4) is 0 Å². The van der Waals surface area contributed by atoms with Crippen LogP contribution in [0.25, 0.3) is 10.9 Å². The number of nitrogens with one attached hydrogen (secondary N) is 3. The summed E-state index contributed by atoms with van der Waals surface area (Å²) in [5, 5.41) is 14.5. The normalized spacial score (nSPS) is 21.8. The van der Waals surface area contributed by atoms with Gasteiger partial charge in [-0.25, -0.2) is 18.2 Å². The molecule has 11 nitrogen and oxygen atoms in total. The minimum atomic E-state index is -3.45. The van der Waals surface area contributed by atoms with E-state index in [1.807, 2.05) is 38.7 Å². The van der Waals surface area contributed by atoms with Crippen molar-refractivity contribution in [3.8, 4) is 0 Å².